The summed E-state index contributed by atoms with van der Waals surface area (Å²) in [6, 6.07) is 26.5. The summed E-state index contributed by atoms with van der Waals surface area (Å²) in [5, 5.41) is 2.73. The van der Waals surface area contributed by atoms with E-state index in [1.165, 1.54) is 19.2 Å². The number of esters is 1. The number of halogens is 1. The fourth-order valence-corrected chi connectivity index (χ4v) is 3.47. The lowest BCUT2D eigenvalue weighted by Crippen LogP contribution is -2.43. The molecular weight excluding hydrogens is 447 g/mol. The minimum Gasteiger partial charge on any atom is -0.467 e. The number of ether oxygens (including phenoxy) is 2. The van der Waals surface area contributed by atoms with Crippen LogP contribution in [-0.2, 0) is 16.0 Å². The van der Waals surface area contributed by atoms with Crippen LogP contribution in [0.2, 0.25) is 0 Å². The number of hydrogen-bond donors (Lipinski definition) is 1. The summed E-state index contributed by atoms with van der Waals surface area (Å²) in [7, 11) is 1.29. The molecule has 3 aromatic carbocycles. The average molecular weight is 471 g/mol. The maximum absolute atomic E-state index is 13.1. The summed E-state index contributed by atoms with van der Waals surface area (Å²) in [6.45, 7) is 0. The van der Waals surface area contributed by atoms with Gasteiger partial charge >= 0.3 is 5.97 Å². The molecule has 1 heterocycles. The first-order valence-corrected chi connectivity index (χ1v) is 11.0. The second-order valence-corrected chi connectivity index (χ2v) is 7.73. The van der Waals surface area contributed by atoms with Crippen molar-refractivity contribution in [2.24, 2.45) is 0 Å². The Morgan fingerprint density at radius 3 is 2.17 bits per heavy atom. The van der Waals surface area contributed by atoms with Crippen LogP contribution in [0.4, 0.5) is 4.39 Å². The number of carbonyl (C=O) groups is 2. The van der Waals surface area contributed by atoms with Crippen molar-refractivity contribution >= 4 is 11.9 Å². The summed E-state index contributed by atoms with van der Waals surface area (Å²) in [5.74, 6) is -0.243. The Morgan fingerprint density at radius 2 is 1.51 bits per heavy atom. The van der Waals surface area contributed by atoms with Crippen molar-refractivity contribution in [1.82, 2.24) is 10.3 Å². The van der Waals surface area contributed by atoms with Gasteiger partial charge in [-0.15, -0.1) is 0 Å². The van der Waals surface area contributed by atoms with Gasteiger partial charge in [-0.2, -0.15) is 0 Å². The quantitative estimate of drug-likeness (QED) is 0.359. The summed E-state index contributed by atoms with van der Waals surface area (Å²) in [5.41, 5.74) is 2.44. The number of amides is 1. The number of rotatable bonds is 8. The number of pyridine rings is 1. The molecule has 35 heavy (non-hydrogen) atoms. The van der Waals surface area contributed by atoms with Gasteiger partial charge in [-0.3, -0.25) is 4.79 Å². The van der Waals surface area contributed by atoms with Gasteiger partial charge < -0.3 is 14.8 Å². The van der Waals surface area contributed by atoms with Gasteiger partial charge in [0.2, 0.25) is 0 Å². The van der Waals surface area contributed by atoms with Gasteiger partial charge in [0.1, 0.15) is 29.1 Å². The Morgan fingerprint density at radius 1 is 0.857 bits per heavy atom. The molecule has 4 rings (SSSR count). The normalized spacial score (nSPS) is 11.4. The highest BCUT2D eigenvalue weighted by Crippen LogP contribution is 2.25. The second kappa shape index (κ2) is 11.1. The second-order valence-electron chi connectivity index (χ2n) is 7.73. The highest BCUT2D eigenvalue weighted by atomic mass is 19.1. The first-order chi connectivity index (χ1) is 17.0. The van der Waals surface area contributed by atoms with Crippen molar-refractivity contribution in [3.05, 3.63) is 114 Å². The molecule has 0 aliphatic heterocycles. The van der Waals surface area contributed by atoms with Crippen LogP contribution < -0.4 is 10.1 Å². The van der Waals surface area contributed by atoms with Crippen molar-refractivity contribution in [3.63, 3.8) is 0 Å². The molecule has 1 unspecified atom stereocenters. The number of nitrogens with one attached hydrogen (secondary N) is 1. The zero-order chi connectivity index (χ0) is 24.6. The maximum Gasteiger partial charge on any atom is 0.328 e. The Bertz CT molecular complexity index is 1290. The molecule has 1 amide bonds. The fraction of sp³-hybridized carbons (Fsp3) is 0.107. The van der Waals surface area contributed by atoms with Crippen LogP contribution in [0.1, 0.15) is 16.1 Å². The highest BCUT2D eigenvalue weighted by Gasteiger charge is 2.23. The predicted molar refractivity (Wildman–Crippen MR) is 130 cm³/mol. The molecule has 1 N–H and O–H groups in total. The van der Waals surface area contributed by atoms with E-state index in [0.717, 1.165) is 11.1 Å². The zero-order valence-electron chi connectivity index (χ0n) is 19.0. The van der Waals surface area contributed by atoms with Crippen LogP contribution >= 0.6 is 0 Å². The Kier molecular flexibility index (Phi) is 7.47. The lowest BCUT2D eigenvalue weighted by atomic mass is 10.1. The van der Waals surface area contributed by atoms with Gasteiger partial charge in [-0.25, -0.2) is 14.2 Å². The monoisotopic (exact) mass is 470 g/mol. The van der Waals surface area contributed by atoms with Crippen LogP contribution in [0.15, 0.2) is 97.1 Å². The van der Waals surface area contributed by atoms with E-state index < -0.39 is 17.9 Å². The summed E-state index contributed by atoms with van der Waals surface area (Å²) < 4.78 is 23.7. The Hall–Kier alpha value is -4.52. The lowest BCUT2D eigenvalue weighted by molar-refractivity contribution is -0.142. The maximum atomic E-state index is 13.1. The molecule has 0 spiro atoms. The number of carbonyl (C=O) groups excluding carboxylic acids is 2. The lowest BCUT2D eigenvalue weighted by Gasteiger charge is -2.16. The van der Waals surface area contributed by atoms with Crippen LogP contribution in [0.5, 0.6) is 11.5 Å². The molecule has 0 saturated carbocycles. The molecule has 4 aromatic rings. The highest BCUT2D eigenvalue weighted by molar-refractivity contribution is 5.95. The van der Waals surface area contributed by atoms with Crippen molar-refractivity contribution in [1.29, 1.82) is 0 Å². The van der Waals surface area contributed by atoms with E-state index >= 15 is 0 Å². The van der Waals surface area contributed by atoms with E-state index in [9.17, 15) is 14.0 Å². The van der Waals surface area contributed by atoms with Gasteiger partial charge in [0.05, 0.1) is 12.8 Å². The summed E-state index contributed by atoms with van der Waals surface area (Å²) in [6.07, 6.45) is 0.300. The van der Waals surface area contributed by atoms with E-state index in [2.05, 4.69) is 10.3 Å². The number of benzene rings is 3. The van der Waals surface area contributed by atoms with Crippen LogP contribution in [0.3, 0.4) is 0 Å². The van der Waals surface area contributed by atoms with Gasteiger partial charge in [0.15, 0.2) is 0 Å². The first-order valence-electron chi connectivity index (χ1n) is 11.0. The van der Waals surface area contributed by atoms with E-state index in [-0.39, 0.29) is 11.5 Å². The van der Waals surface area contributed by atoms with Crippen molar-refractivity contribution in [2.45, 2.75) is 12.5 Å². The largest absolute Gasteiger partial charge is 0.467 e. The van der Waals surface area contributed by atoms with Crippen LogP contribution in [0.25, 0.3) is 11.3 Å². The smallest absolute Gasteiger partial charge is 0.328 e. The van der Waals surface area contributed by atoms with Crippen LogP contribution in [-0.4, -0.2) is 30.0 Å². The third-order valence-corrected chi connectivity index (χ3v) is 5.25. The van der Waals surface area contributed by atoms with Gasteiger partial charge in [0.25, 0.3) is 5.91 Å². The van der Waals surface area contributed by atoms with Gasteiger partial charge in [-0.05, 0) is 66.2 Å². The third kappa shape index (κ3) is 6.29. The minimum absolute atomic E-state index is 0.177. The SMILES string of the molecule is COC(=O)C(Cc1ccccc1)NC(=O)c1cccc(-c2ccc(Oc3ccc(F)cc3)cc2)n1. The average Bonchev–Trinajstić information content (AvgIpc) is 2.90. The van der Waals surface area contributed by atoms with Gasteiger partial charge in [-0.1, -0.05) is 36.4 Å². The van der Waals surface area contributed by atoms with E-state index in [1.54, 1.807) is 42.5 Å². The topological polar surface area (TPSA) is 77.5 Å². The molecule has 0 saturated heterocycles. The Labute approximate surface area is 202 Å². The molecule has 176 valence electrons. The number of nitrogens with zero attached hydrogens (tertiary/aromatic N) is 1. The minimum atomic E-state index is -0.844. The fourth-order valence-electron chi connectivity index (χ4n) is 3.47. The van der Waals surface area contributed by atoms with E-state index in [0.29, 0.717) is 23.6 Å². The van der Waals surface area contributed by atoms with Gasteiger partial charge in [0, 0.05) is 12.0 Å². The van der Waals surface area contributed by atoms with Crippen LogP contribution in [0, 0.1) is 5.82 Å². The number of aromatic nitrogens is 1. The van der Waals surface area contributed by atoms with Crippen molar-refractivity contribution in [2.75, 3.05) is 7.11 Å². The van der Waals surface area contributed by atoms with Crippen molar-refractivity contribution in [3.8, 4) is 22.8 Å². The molecule has 7 heteroatoms. The standard InChI is InChI=1S/C28H23FN2O4/c1-34-28(33)26(18-19-6-3-2-4-7-19)31-27(32)25-9-5-8-24(30-25)20-10-14-22(15-11-20)35-23-16-12-21(29)13-17-23/h2-17,26H,18H2,1H3,(H,31,32). The summed E-state index contributed by atoms with van der Waals surface area (Å²) in [4.78, 5) is 29.6. The number of hydrogen-bond acceptors (Lipinski definition) is 5. The third-order valence-electron chi connectivity index (χ3n) is 5.25. The molecule has 0 radical (unpaired) electrons. The molecular formula is C28H23FN2O4. The molecule has 0 fully saturated rings. The Balaban J connectivity index is 1.46. The predicted octanol–water partition coefficient (Wildman–Crippen LogP) is 5.19. The first kappa shape index (κ1) is 23.6. The molecule has 1 atom stereocenters. The molecule has 0 aliphatic rings. The van der Waals surface area contributed by atoms with E-state index in [4.69, 9.17) is 9.47 Å². The molecule has 6 nitrogen and oxygen atoms in total. The van der Waals surface area contributed by atoms with E-state index in [1.807, 2.05) is 42.5 Å². The zero-order valence-corrected chi connectivity index (χ0v) is 19.0. The molecule has 0 bridgehead atoms. The van der Waals surface area contributed by atoms with Crippen molar-refractivity contribution < 1.29 is 23.5 Å². The number of methoxy groups -OCH3 is 1. The molecule has 1 aromatic heterocycles. The summed E-state index contributed by atoms with van der Waals surface area (Å²) >= 11 is 0. The molecule has 0 aliphatic carbocycles.